The molecule has 7 heterocycles. The van der Waals surface area contributed by atoms with Crippen LogP contribution in [0, 0.1) is 0 Å². The number of nitrogens with zero attached hydrogens (tertiary/aromatic N) is 4. The maximum atomic E-state index is 13.9. The van der Waals surface area contributed by atoms with Gasteiger partial charge < -0.3 is 23.9 Å². The van der Waals surface area contributed by atoms with Gasteiger partial charge in [0.25, 0.3) is 11.8 Å². The van der Waals surface area contributed by atoms with Crippen LogP contribution in [0.25, 0.3) is 32.7 Å². The molecule has 11 rings (SSSR count). The van der Waals surface area contributed by atoms with E-state index < -0.39 is 11.7 Å². The molecule has 2 aliphatic heterocycles. The number of carbonyl (C=O) groups excluding carboxylic acids is 2. The molecule has 12 heteroatoms. The van der Waals surface area contributed by atoms with Crippen LogP contribution in [0.4, 0.5) is 13.2 Å². The third kappa shape index (κ3) is 7.54. The van der Waals surface area contributed by atoms with Crippen LogP contribution < -0.4 is 0 Å². The van der Waals surface area contributed by atoms with Crippen molar-refractivity contribution in [1.82, 2.24) is 23.9 Å². The summed E-state index contributed by atoms with van der Waals surface area (Å²) in [5.41, 5.74) is 8.35. The fourth-order valence-corrected chi connectivity index (χ4v) is 11.7. The van der Waals surface area contributed by atoms with Crippen LogP contribution in [0.15, 0.2) is 139 Å². The smallest absolute Gasteiger partial charge is 0.361 e. The number of carbonyl (C=O) groups is 2. The average molecular weight is 880 g/mol. The summed E-state index contributed by atoms with van der Waals surface area (Å²) < 4.78 is 43.7. The highest BCUT2D eigenvalue weighted by Gasteiger charge is 2.36. The standard InChI is InChI=1S/C26H23N3OS.C25H21F3N2OS/c1-28-16-21(20-7-3-5-9-23(20)28)26(30)29-12-10-17-11-13-31-25(17)24(29)14-18-15-27-22-8-4-2-6-19(18)22;1-29-15-20(19-7-2-3-8-21(19)29)24(31)30-11-9-17-10-12-32-23(17)22(30)14-16-5-4-6-18(13-16)25(26,27)28/h2-9,11,13,15-16,24,27H,10,12,14H2,1H3;2-8,10,12-13,15,22H,9,11,14H2,1H3. The Morgan fingerprint density at radius 3 is 1.75 bits per heavy atom. The molecule has 0 bridgehead atoms. The van der Waals surface area contributed by atoms with Crippen LogP contribution in [0.5, 0.6) is 0 Å². The SMILES string of the molecule is Cn1cc(C(=O)N2CCc3ccsc3C2Cc2c[nH]c3ccccc23)c2ccccc21.Cn1cc(C(=O)N2CCc3ccsc3C2Cc2cccc(C(F)(F)F)c2)c2ccccc21. The van der Waals surface area contributed by atoms with E-state index in [0.29, 0.717) is 24.1 Å². The van der Waals surface area contributed by atoms with Gasteiger partial charge in [-0.2, -0.15) is 13.2 Å². The summed E-state index contributed by atoms with van der Waals surface area (Å²) in [6.45, 7) is 1.29. The number of aromatic amines is 1. The molecular weight excluding hydrogens is 836 g/mol. The Hall–Kier alpha value is -6.37. The Bertz CT molecular complexity index is 3150. The van der Waals surface area contributed by atoms with Crippen molar-refractivity contribution in [2.75, 3.05) is 13.1 Å². The van der Waals surface area contributed by atoms with Gasteiger partial charge in [-0.25, -0.2) is 0 Å². The average Bonchev–Trinajstić information content (AvgIpc) is 4.15. The van der Waals surface area contributed by atoms with E-state index in [2.05, 4.69) is 74.6 Å². The molecule has 2 unspecified atom stereocenters. The largest absolute Gasteiger partial charge is 0.416 e. The highest BCUT2D eigenvalue weighted by Crippen LogP contribution is 2.41. The van der Waals surface area contributed by atoms with E-state index in [4.69, 9.17) is 0 Å². The van der Waals surface area contributed by atoms with Crippen molar-refractivity contribution in [2.24, 2.45) is 14.1 Å². The van der Waals surface area contributed by atoms with Crippen molar-refractivity contribution in [3.63, 3.8) is 0 Å². The van der Waals surface area contributed by atoms with Crippen molar-refractivity contribution < 1.29 is 22.8 Å². The van der Waals surface area contributed by atoms with Crippen molar-refractivity contribution in [1.29, 1.82) is 0 Å². The van der Waals surface area contributed by atoms with E-state index in [9.17, 15) is 22.8 Å². The van der Waals surface area contributed by atoms with Gasteiger partial charge in [-0.3, -0.25) is 9.59 Å². The minimum atomic E-state index is -4.39. The Morgan fingerprint density at radius 1 is 0.651 bits per heavy atom. The normalized spacial score (nSPS) is 16.3. The van der Waals surface area contributed by atoms with Gasteiger partial charge >= 0.3 is 6.18 Å². The molecule has 0 radical (unpaired) electrons. The zero-order chi connectivity index (χ0) is 43.4. The van der Waals surface area contributed by atoms with Crippen LogP contribution in [-0.2, 0) is 46.0 Å². The van der Waals surface area contributed by atoms with Gasteiger partial charge in [0, 0.05) is 88.2 Å². The number of alkyl halides is 3. The third-order valence-corrected chi connectivity index (χ3v) is 14.8. The lowest BCUT2D eigenvalue weighted by Crippen LogP contribution is -2.40. The van der Waals surface area contributed by atoms with Gasteiger partial charge in [-0.15, -0.1) is 22.7 Å². The highest BCUT2D eigenvalue weighted by molar-refractivity contribution is 7.10. The first-order valence-electron chi connectivity index (χ1n) is 21.1. The predicted molar refractivity (Wildman–Crippen MR) is 247 cm³/mol. The monoisotopic (exact) mass is 879 g/mol. The zero-order valence-electron chi connectivity index (χ0n) is 34.7. The molecular formula is C51H44F3N5O2S2. The maximum absolute atomic E-state index is 13.9. The van der Waals surface area contributed by atoms with Gasteiger partial charge in [0.1, 0.15) is 0 Å². The minimum Gasteiger partial charge on any atom is -0.361 e. The van der Waals surface area contributed by atoms with Crippen LogP contribution in [-0.4, -0.2) is 48.8 Å². The molecule has 7 nitrogen and oxygen atoms in total. The molecule has 0 fully saturated rings. The number of nitrogens with one attached hydrogen (secondary N) is 1. The fraction of sp³-hybridized carbons (Fsp3) is 0.216. The van der Waals surface area contributed by atoms with E-state index in [1.807, 2.05) is 77.7 Å². The summed E-state index contributed by atoms with van der Waals surface area (Å²) in [6.07, 6.45) is 4.36. The van der Waals surface area contributed by atoms with Crippen molar-refractivity contribution in [3.05, 3.63) is 187 Å². The van der Waals surface area contributed by atoms with Crippen molar-refractivity contribution >= 4 is 67.2 Å². The number of H-pyrrole nitrogens is 1. The lowest BCUT2D eigenvalue weighted by atomic mass is 9.94. The Morgan fingerprint density at radius 2 is 1.17 bits per heavy atom. The van der Waals surface area contributed by atoms with E-state index in [0.717, 1.165) is 69.6 Å². The van der Waals surface area contributed by atoms with Crippen molar-refractivity contribution in [3.8, 4) is 0 Å². The number of fused-ring (bicyclic) bond motifs is 5. The lowest BCUT2D eigenvalue weighted by molar-refractivity contribution is -0.137. The molecule has 4 aromatic carbocycles. The number of rotatable bonds is 6. The second-order valence-electron chi connectivity index (χ2n) is 16.5. The number of aryl methyl sites for hydroxylation is 2. The molecule has 9 aromatic rings. The number of hydrogen-bond acceptors (Lipinski definition) is 4. The number of para-hydroxylation sites is 3. The van der Waals surface area contributed by atoms with Gasteiger partial charge in [0.05, 0.1) is 28.8 Å². The molecule has 5 aromatic heterocycles. The molecule has 0 spiro atoms. The molecule has 0 saturated carbocycles. The Kier molecular flexibility index (Phi) is 10.6. The Labute approximate surface area is 370 Å². The quantitative estimate of drug-likeness (QED) is 0.181. The van der Waals surface area contributed by atoms with Crippen LogP contribution in [0.3, 0.4) is 0 Å². The van der Waals surface area contributed by atoms with E-state index in [-0.39, 0.29) is 23.9 Å². The molecule has 2 aliphatic rings. The van der Waals surface area contributed by atoms with Gasteiger partial charge in [-0.1, -0.05) is 72.8 Å². The molecule has 2 atom stereocenters. The minimum absolute atomic E-state index is 0.0504. The third-order valence-electron chi connectivity index (χ3n) is 12.7. The Balaban J connectivity index is 0.000000150. The van der Waals surface area contributed by atoms with Crippen LogP contribution in [0.1, 0.15) is 70.4 Å². The maximum Gasteiger partial charge on any atom is 0.416 e. The molecule has 2 amide bonds. The summed E-state index contributed by atoms with van der Waals surface area (Å²) in [5.74, 6) is 0.0403. The lowest BCUT2D eigenvalue weighted by Gasteiger charge is -2.36. The van der Waals surface area contributed by atoms with Crippen LogP contribution >= 0.6 is 22.7 Å². The predicted octanol–water partition coefficient (Wildman–Crippen LogP) is 11.9. The second-order valence-corrected chi connectivity index (χ2v) is 18.4. The highest BCUT2D eigenvalue weighted by atomic mass is 32.1. The summed E-state index contributed by atoms with van der Waals surface area (Å²) in [4.78, 5) is 37.3. The first-order chi connectivity index (χ1) is 30.5. The first-order valence-corrected chi connectivity index (χ1v) is 22.8. The van der Waals surface area contributed by atoms with Gasteiger partial charge in [0.15, 0.2) is 0 Å². The zero-order valence-corrected chi connectivity index (χ0v) is 36.4. The molecule has 0 saturated heterocycles. The topological polar surface area (TPSA) is 66.3 Å². The fourth-order valence-electron chi connectivity index (χ4n) is 9.60. The van der Waals surface area contributed by atoms with E-state index in [1.165, 1.54) is 39.1 Å². The number of amides is 2. The van der Waals surface area contributed by atoms with E-state index in [1.54, 1.807) is 28.7 Å². The van der Waals surface area contributed by atoms with E-state index >= 15 is 0 Å². The molecule has 0 aliphatic carbocycles. The first kappa shape index (κ1) is 40.7. The van der Waals surface area contributed by atoms with Crippen LogP contribution in [0.2, 0.25) is 0 Å². The van der Waals surface area contributed by atoms with Gasteiger partial charge in [0.2, 0.25) is 0 Å². The summed E-state index contributed by atoms with van der Waals surface area (Å²) in [7, 11) is 3.92. The summed E-state index contributed by atoms with van der Waals surface area (Å²) in [5, 5.41) is 7.31. The number of thiophene rings is 2. The summed E-state index contributed by atoms with van der Waals surface area (Å²) >= 11 is 3.34. The van der Waals surface area contributed by atoms with Crippen molar-refractivity contribution in [2.45, 2.75) is 43.9 Å². The molecule has 318 valence electrons. The summed E-state index contributed by atoms with van der Waals surface area (Å²) in [6, 6.07) is 33.8. The second kappa shape index (κ2) is 16.4. The number of halogens is 3. The molecule has 63 heavy (non-hydrogen) atoms. The number of aromatic nitrogens is 3. The molecule has 1 N–H and O–H groups in total. The number of benzene rings is 4. The van der Waals surface area contributed by atoms with Gasteiger partial charge in [-0.05, 0) is 95.1 Å². The number of hydrogen-bond donors (Lipinski definition) is 1.